The summed E-state index contributed by atoms with van der Waals surface area (Å²) in [6.07, 6.45) is -4.29. The number of halogens is 2. The molecule has 0 aliphatic heterocycles. The van der Waals surface area contributed by atoms with Gasteiger partial charge in [-0.1, -0.05) is 83.9 Å². The van der Waals surface area contributed by atoms with E-state index >= 15 is 0 Å². The van der Waals surface area contributed by atoms with Crippen LogP contribution in [-0.4, -0.2) is 91.9 Å². The van der Waals surface area contributed by atoms with Gasteiger partial charge in [0, 0.05) is 49.9 Å². The Morgan fingerprint density at radius 1 is 0.547 bits per heavy atom. The number of nitrogens with one attached hydrogen (secondary N) is 6. The number of rotatable bonds is 21. The Hall–Kier alpha value is -7.00. The van der Waals surface area contributed by atoms with Crippen molar-refractivity contribution < 1.29 is 48.8 Å². The monoisotopic (exact) mass is 922 g/mol. The smallest absolute Gasteiger partial charge is 0.271 e. The van der Waals surface area contributed by atoms with Gasteiger partial charge in [0.1, 0.15) is 24.2 Å². The highest BCUT2D eigenvalue weighted by Crippen LogP contribution is 2.28. The van der Waals surface area contributed by atoms with Crippen molar-refractivity contribution >= 4 is 81.4 Å². The van der Waals surface area contributed by atoms with Crippen LogP contribution in [0.5, 0.6) is 0 Å². The minimum Gasteiger partial charge on any atom is -0.391 e. The minimum absolute atomic E-state index is 0.0149. The van der Waals surface area contributed by atoms with E-state index in [0.717, 1.165) is 24.3 Å². The van der Waals surface area contributed by atoms with Gasteiger partial charge in [-0.05, 0) is 37.1 Å². The number of carbonyl (C=O) groups is 6. The van der Waals surface area contributed by atoms with Crippen molar-refractivity contribution in [3.63, 3.8) is 0 Å². The molecular formula is C42H44Cl2N8O12. The Labute approximate surface area is 375 Å². The Morgan fingerprint density at radius 2 is 0.891 bits per heavy atom. The lowest BCUT2D eigenvalue weighted by Gasteiger charge is -2.25. The lowest BCUT2D eigenvalue weighted by molar-refractivity contribution is -0.385. The first kappa shape index (κ1) is 49.7. The number of nitro groups is 2. The number of anilines is 2. The van der Waals surface area contributed by atoms with Crippen LogP contribution >= 0.6 is 23.2 Å². The van der Waals surface area contributed by atoms with Crippen molar-refractivity contribution in [2.45, 2.75) is 75.9 Å². The van der Waals surface area contributed by atoms with Crippen LogP contribution in [0.15, 0.2) is 97.1 Å². The number of carbonyl (C=O) groups excluding carboxylic acids is 6. The Morgan fingerprint density at radius 3 is 1.19 bits per heavy atom. The van der Waals surface area contributed by atoms with Crippen molar-refractivity contribution in [1.82, 2.24) is 21.3 Å². The van der Waals surface area contributed by atoms with E-state index in [9.17, 15) is 59.2 Å². The number of nitrogens with zero attached hydrogens (tertiary/aromatic N) is 2. The Bertz CT molecular complexity index is 2190. The second kappa shape index (κ2) is 23.4. The molecule has 0 aliphatic carbocycles. The first-order valence-corrected chi connectivity index (χ1v) is 20.2. The predicted molar refractivity (Wildman–Crippen MR) is 234 cm³/mol. The van der Waals surface area contributed by atoms with Gasteiger partial charge >= 0.3 is 0 Å². The van der Waals surface area contributed by atoms with E-state index < -0.39 is 94.5 Å². The minimum atomic E-state index is -1.63. The molecule has 4 aromatic rings. The molecule has 338 valence electrons. The van der Waals surface area contributed by atoms with Gasteiger partial charge < -0.3 is 42.1 Å². The van der Waals surface area contributed by atoms with Gasteiger partial charge in [-0.25, -0.2) is 0 Å². The summed E-state index contributed by atoms with van der Waals surface area (Å²) in [5.74, 6) is -5.29. The maximum absolute atomic E-state index is 13.5. The summed E-state index contributed by atoms with van der Waals surface area (Å²) in [7, 11) is 0. The van der Waals surface area contributed by atoms with Gasteiger partial charge in [-0.15, -0.1) is 0 Å². The molecule has 20 nitrogen and oxygen atoms in total. The first-order chi connectivity index (χ1) is 30.3. The number of nitro benzene ring substituents is 2. The molecule has 0 spiro atoms. The molecule has 0 aliphatic rings. The van der Waals surface area contributed by atoms with E-state index in [0.29, 0.717) is 11.1 Å². The van der Waals surface area contributed by atoms with Crippen LogP contribution in [0.4, 0.5) is 22.7 Å². The topological polar surface area (TPSA) is 301 Å². The highest BCUT2D eigenvalue weighted by Gasteiger charge is 2.33. The van der Waals surface area contributed by atoms with E-state index in [-0.39, 0.29) is 45.6 Å². The SMILES string of the molecule is C[C@@H](O)[C@H](NC(=O)CCC(=O)N[C@H](C(=O)N[C@@H](Cc1ccccc1)C(=O)Nc1ccc([N+](=O)[O-])cc1Cl)[C@@H](C)O)C(=O)N[C@@H](Cc1ccccc1)C(=O)Nc1ccc([N+](=O)[O-])cc1Cl. The molecule has 0 fully saturated rings. The molecule has 0 saturated carbocycles. The molecule has 6 atom stereocenters. The molecule has 0 aromatic heterocycles. The lowest BCUT2D eigenvalue weighted by atomic mass is 10.0. The van der Waals surface area contributed by atoms with Crippen LogP contribution in [0.3, 0.4) is 0 Å². The summed E-state index contributed by atoms with van der Waals surface area (Å²) in [6, 6.07) is 17.9. The second-order valence-corrected chi connectivity index (χ2v) is 15.2. The highest BCUT2D eigenvalue weighted by molar-refractivity contribution is 6.34. The van der Waals surface area contributed by atoms with Crippen molar-refractivity contribution in [3.8, 4) is 0 Å². The summed E-state index contributed by atoms with van der Waals surface area (Å²) in [5, 5.41) is 57.7. The van der Waals surface area contributed by atoms with Crippen molar-refractivity contribution in [3.05, 3.63) is 138 Å². The lowest BCUT2D eigenvalue weighted by Crippen LogP contribution is -2.57. The number of benzene rings is 4. The van der Waals surface area contributed by atoms with E-state index in [1.54, 1.807) is 60.7 Å². The van der Waals surface area contributed by atoms with Gasteiger partial charge in [0.05, 0.1) is 43.5 Å². The fourth-order valence-electron chi connectivity index (χ4n) is 6.05. The third-order valence-electron chi connectivity index (χ3n) is 9.42. The molecule has 64 heavy (non-hydrogen) atoms. The Balaban J connectivity index is 1.40. The van der Waals surface area contributed by atoms with Gasteiger partial charge in [0.15, 0.2) is 0 Å². The van der Waals surface area contributed by atoms with E-state index in [1.165, 1.54) is 26.0 Å². The normalized spacial score (nSPS) is 13.7. The van der Waals surface area contributed by atoms with Crippen LogP contribution in [0.2, 0.25) is 10.0 Å². The number of aliphatic hydroxyl groups is 2. The molecular weight excluding hydrogens is 879 g/mol. The highest BCUT2D eigenvalue weighted by atomic mass is 35.5. The van der Waals surface area contributed by atoms with Gasteiger partial charge in [0.25, 0.3) is 11.4 Å². The zero-order valence-electron chi connectivity index (χ0n) is 34.2. The summed E-state index contributed by atoms with van der Waals surface area (Å²) in [6.45, 7) is 2.41. The van der Waals surface area contributed by atoms with Crippen LogP contribution in [-0.2, 0) is 41.6 Å². The van der Waals surface area contributed by atoms with Crippen LogP contribution in [0.1, 0.15) is 37.8 Å². The zero-order chi connectivity index (χ0) is 47.1. The summed E-state index contributed by atoms with van der Waals surface area (Å²) in [5.41, 5.74) is 0.625. The van der Waals surface area contributed by atoms with Crippen LogP contribution in [0, 0.1) is 20.2 Å². The zero-order valence-corrected chi connectivity index (χ0v) is 35.7. The van der Waals surface area contributed by atoms with Gasteiger partial charge in [-0.3, -0.25) is 49.0 Å². The summed E-state index contributed by atoms with van der Waals surface area (Å²) in [4.78, 5) is 101. The molecule has 0 heterocycles. The third kappa shape index (κ3) is 14.8. The number of non-ortho nitro benzene ring substituents is 2. The van der Waals surface area contributed by atoms with E-state index in [4.69, 9.17) is 23.2 Å². The number of hydrogen-bond donors (Lipinski definition) is 8. The summed E-state index contributed by atoms with van der Waals surface area (Å²) >= 11 is 12.3. The second-order valence-electron chi connectivity index (χ2n) is 14.4. The maximum Gasteiger partial charge on any atom is 0.271 e. The molecule has 0 unspecified atom stereocenters. The van der Waals surface area contributed by atoms with Gasteiger partial charge in [0.2, 0.25) is 35.4 Å². The molecule has 4 rings (SSSR count). The van der Waals surface area contributed by atoms with Crippen molar-refractivity contribution in [2.75, 3.05) is 10.6 Å². The third-order valence-corrected chi connectivity index (χ3v) is 10.0. The maximum atomic E-state index is 13.5. The molecule has 0 saturated heterocycles. The fraction of sp³-hybridized carbons (Fsp3) is 0.286. The standard InChI is InChI=1S/C42H44Cl2N8O12/c1-23(53)37(41(59)47-33(19-25-9-5-3-6-10-25)39(57)45-31-15-13-27(51(61)62)21-29(31)43)49-35(55)17-18-36(56)50-38(24(2)54)42(60)48-34(20-26-11-7-4-8-12-26)40(58)46-32-16-14-28(52(63)64)22-30(32)44/h3-16,21-24,33-34,37-38,53-54H,17-20H2,1-2H3,(H,45,57)(H,46,58)(H,47,59)(H,48,60)(H,49,55)(H,50,56)/t23-,24-,33+,34+,37+,38+/m1/s1. The number of amides is 6. The molecule has 0 bridgehead atoms. The molecule has 22 heteroatoms. The molecule has 8 N–H and O–H groups in total. The van der Waals surface area contributed by atoms with Gasteiger partial charge in [-0.2, -0.15) is 0 Å². The largest absolute Gasteiger partial charge is 0.391 e. The average Bonchev–Trinajstić information content (AvgIpc) is 3.25. The van der Waals surface area contributed by atoms with Crippen LogP contribution < -0.4 is 31.9 Å². The number of aliphatic hydroxyl groups excluding tert-OH is 2. The van der Waals surface area contributed by atoms with Crippen LogP contribution in [0.25, 0.3) is 0 Å². The van der Waals surface area contributed by atoms with E-state index in [2.05, 4.69) is 31.9 Å². The van der Waals surface area contributed by atoms with Crippen molar-refractivity contribution in [2.24, 2.45) is 0 Å². The first-order valence-electron chi connectivity index (χ1n) is 19.5. The predicted octanol–water partition coefficient (Wildman–Crippen LogP) is 3.35. The fourth-order valence-corrected chi connectivity index (χ4v) is 6.49. The van der Waals surface area contributed by atoms with Crippen molar-refractivity contribution in [1.29, 1.82) is 0 Å². The van der Waals surface area contributed by atoms with E-state index in [1.807, 2.05) is 0 Å². The Kier molecular flexibility index (Phi) is 18.2. The molecule has 4 aromatic carbocycles. The average molecular weight is 924 g/mol. The molecule has 6 amide bonds. The molecule has 0 radical (unpaired) electrons. The number of hydrogen-bond acceptors (Lipinski definition) is 12. The summed E-state index contributed by atoms with van der Waals surface area (Å²) < 4.78 is 0. The quantitative estimate of drug-likeness (QED) is 0.0441.